The zero-order valence-corrected chi connectivity index (χ0v) is 8.05. The fourth-order valence-electron chi connectivity index (χ4n) is 1.54. The summed E-state index contributed by atoms with van der Waals surface area (Å²) >= 11 is 0. The SMILES string of the molecule is Cc1nccn1-c1ncnc2nc[nH]c12. The van der Waals surface area contributed by atoms with Gasteiger partial charge in [-0.1, -0.05) is 0 Å². The summed E-state index contributed by atoms with van der Waals surface area (Å²) < 4.78 is 1.89. The lowest BCUT2D eigenvalue weighted by molar-refractivity contribution is 0.931. The van der Waals surface area contributed by atoms with Gasteiger partial charge >= 0.3 is 0 Å². The van der Waals surface area contributed by atoms with Gasteiger partial charge in [-0.2, -0.15) is 0 Å². The Morgan fingerprint density at radius 2 is 2.13 bits per heavy atom. The summed E-state index contributed by atoms with van der Waals surface area (Å²) in [6, 6.07) is 0. The second-order valence-electron chi connectivity index (χ2n) is 3.14. The van der Waals surface area contributed by atoms with Gasteiger partial charge in [0.1, 0.15) is 17.7 Å². The third kappa shape index (κ3) is 1.11. The molecule has 3 rings (SSSR count). The minimum absolute atomic E-state index is 0.660. The van der Waals surface area contributed by atoms with Gasteiger partial charge in [-0.25, -0.2) is 19.9 Å². The van der Waals surface area contributed by atoms with E-state index in [1.54, 1.807) is 12.5 Å². The molecule has 0 atom stereocenters. The van der Waals surface area contributed by atoms with Gasteiger partial charge < -0.3 is 4.98 Å². The minimum Gasteiger partial charge on any atom is -0.340 e. The summed E-state index contributed by atoms with van der Waals surface area (Å²) in [5, 5.41) is 0. The highest BCUT2D eigenvalue weighted by atomic mass is 15.2. The molecule has 74 valence electrons. The summed E-state index contributed by atoms with van der Waals surface area (Å²) in [6.45, 7) is 1.92. The second kappa shape index (κ2) is 2.88. The van der Waals surface area contributed by atoms with Crippen molar-refractivity contribution in [1.29, 1.82) is 0 Å². The molecule has 0 radical (unpaired) electrons. The highest BCUT2D eigenvalue weighted by molar-refractivity contribution is 5.77. The topological polar surface area (TPSA) is 72.3 Å². The molecule has 3 aromatic heterocycles. The predicted molar refractivity (Wildman–Crippen MR) is 53.5 cm³/mol. The average molecular weight is 200 g/mol. The van der Waals surface area contributed by atoms with Crippen LogP contribution in [-0.4, -0.2) is 29.5 Å². The van der Waals surface area contributed by atoms with Gasteiger partial charge in [-0.15, -0.1) is 0 Å². The van der Waals surface area contributed by atoms with E-state index in [-0.39, 0.29) is 0 Å². The Morgan fingerprint density at radius 1 is 1.20 bits per heavy atom. The van der Waals surface area contributed by atoms with Gasteiger partial charge in [-0.05, 0) is 6.92 Å². The average Bonchev–Trinajstić information content (AvgIpc) is 2.85. The lowest BCUT2D eigenvalue weighted by Crippen LogP contribution is -2.00. The highest BCUT2D eigenvalue weighted by Crippen LogP contribution is 2.15. The van der Waals surface area contributed by atoms with Crippen molar-refractivity contribution in [1.82, 2.24) is 29.5 Å². The first-order chi connectivity index (χ1) is 7.36. The van der Waals surface area contributed by atoms with Crippen LogP contribution in [0.25, 0.3) is 17.0 Å². The van der Waals surface area contributed by atoms with Crippen molar-refractivity contribution in [2.75, 3.05) is 0 Å². The maximum absolute atomic E-state index is 4.22. The molecule has 0 unspecified atom stereocenters. The molecule has 0 saturated carbocycles. The van der Waals surface area contributed by atoms with Gasteiger partial charge in [0.05, 0.1) is 6.33 Å². The van der Waals surface area contributed by atoms with E-state index in [9.17, 15) is 0 Å². The Labute approximate surface area is 85.0 Å². The molecule has 6 nitrogen and oxygen atoms in total. The van der Waals surface area contributed by atoms with Crippen LogP contribution in [0.2, 0.25) is 0 Å². The molecule has 0 amide bonds. The van der Waals surface area contributed by atoms with Crippen molar-refractivity contribution >= 4 is 11.2 Å². The van der Waals surface area contributed by atoms with Gasteiger partial charge in [-0.3, -0.25) is 4.57 Å². The van der Waals surface area contributed by atoms with E-state index < -0.39 is 0 Å². The third-order valence-electron chi connectivity index (χ3n) is 2.26. The van der Waals surface area contributed by atoms with Crippen LogP contribution in [0.15, 0.2) is 25.0 Å². The molecule has 0 fully saturated rings. The number of imidazole rings is 2. The smallest absolute Gasteiger partial charge is 0.182 e. The van der Waals surface area contributed by atoms with E-state index in [1.165, 1.54) is 6.33 Å². The van der Waals surface area contributed by atoms with Crippen LogP contribution in [0.5, 0.6) is 0 Å². The van der Waals surface area contributed by atoms with Crippen molar-refractivity contribution in [3.05, 3.63) is 30.9 Å². The van der Waals surface area contributed by atoms with Crippen LogP contribution < -0.4 is 0 Å². The molecule has 0 bridgehead atoms. The number of aryl methyl sites for hydroxylation is 1. The maximum Gasteiger partial charge on any atom is 0.182 e. The quantitative estimate of drug-likeness (QED) is 0.632. The third-order valence-corrected chi connectivity index (χ3v) is 2.26. The number of nitrogens with zero attached hydrogens (tertiary/aromatic N) is 5. The zero-order valence-electron chi connectivity index (χ0n) is 8.05. The number of hydrogen-bond donors (Lipinski definition) is 1. The zero-order chi connectivity index (χ0) is 10.3. The van der Waals surface area contributed by atoms with Crippen LogP contribution in [0.4, 0.5) is 0 Å². The molecule has 0 aliphatic heterocycles. The number of rotatable bonds is 1. The lowest BCUT2D eigenvalue weighted by Gasteiger charge is -2.03. The number of fused-ring (bicyclic) bond motifs is 1. The van der Waals surface area contributed by atoms with E-state index in [2.05, 4.69) is 24.9 Å². The first kappa shape index (κ1) is 8.10. The second-order valence-corrected chi connectivity index (χ2v) is 3.14. The molecule has 3 heterocycles. The summed E-state index contributed by atoms with van der Waals surface area (Å²) in [4.78, 5) is 19.5. The van der Waals surface area contributed by atoms with Gasteiger partial charge in [0.15, 0.2) is 11.5 Å². The first-order valence-corrected chi connectivity index (χ1v) is 4.50. The van der Waals surface area contributed by atoms with Crippen molar-refractivity contribution in [2.24, 2.45) is 0 Å². The molecule has 0 saturated heterocycles. The van der Waals surface area contributed by atoms with E-state index in [0.717, 1.165) is 17.2 Å². The summed E-state index contributed by atoms with van der Waals surface area (Å²) in [5.41, 5.74) is 1.48. The molecule has 1 N–H and O–H groups in total. The Balaban J connectivity index is 2.36. The number of nitrogens with one attached hydrogen (secondary N) is 1. The molecular formula is C9H8N6. The van der Waals surface area contributed by atoms with Crippen molar-refractivity contribution in [2.45, 2.75) is 6.92 Å². The van der Waals surface area contributed by atoms with E-state index in [4.69, 9.17) is 0 Å². The minimum atomic E-state index is 0.660. The van der Waals surface area contributed by atoms with Crippen LogP contribution >= 0.6 is 0 Å². The molecule has 15 heavy (non-hydrogen) atoms. The predicted octanol–water partition coefficient (Wildman–Crippen LogP) is 0.847. The van der Waals surface area contributed by atoms with Crippen LogP contribution in [0, 0.1) is 6.92 Å². The Hall–Kier alpha value is -2.24. The van der Waals surface area contributed by atoms with E-state index in [1.807, 2.05) is 17.7 Å². The molecule has 6 heteroatoms. The molecule has 3 aromatic rings. The molecule has 0 spiro atoms. The molecule has 0 aliphatic rings. The number of aromatic amines is 1. The normalized spacial score (nSPS) is 11.0. The van der Waals surface area contributed by atoms with Crippen molar-refractivity contribution in [3.63, 3.8) is 0 Å². The fraction of sp³-hybridized carbons (Fsp3) is 0.111. The van der Waals surface area contributed by atoms with Crippen LogP contribution in [-0.2, 0) is 0 Å². The van der Waals surface area contributed by atoms with Gasteiger partial charge in [0.2, 0.25) is 0 Å². The standard InChI is InChI=1S/C9H8N6/c1-6-10-2-3-15(6)9-7-8(12-4-11-7)13-5-14-9/h2-5H,1H3,(H,11,12,13,14). The van der Waals surface area contributed by atoms with E-state index in [0.29, 0.717) is 5.65 Å². The lowest BCUT2D eigenvalue weighted by atomic mass is 10.5. The number of hydrogen-bond acceptors (Lipinski definition) is 4. The molecule has 0 aromatic carbocycles. The van der Waals surface area contributed by atoms with Crippen LogP contribution in [0.3, 0.4) is 0 Å². The number of aromatic nitrogens is 6. The summed E-state index contributed by atoms with van der Waals surface area (Å²) in [5.74, 6) is 1.65. The fourth-order valence-corrected chi connectivity index (χ4v) is 1.54. The molecule has 0 aliphatic carbocycles. The van der Waals surface area contributed by atoms with E-state index >= 15 is 0 Å². The Bertz CT molecular complexity index is 608. The van der Waals surface area contributed by atoms with Crippen LogP contribution in [0.1, 0.15) is 5.82 Å². The number of H-pyrrole nitrogens is 1. The summed E-state index contributed by atoms with van der Waals surface area (Å²) in [6.07, 6.45) is 6.70. The summed E-state index contributed by atoms with van der Waals surface area (Å²) in [7, 11) is 0. The largest absolute Gasteiger partial charge is 0.340 e. The monoisotopic (exact) mass is 200 g/mol. The Kier molecular flexibility index (Phi) is 1.55. The van der Waals surface area contributed by atoms with Crippen molar-refractivity contribution < 1.29 is 0 Å². The Morgan fingerprint density at radius 3 is 2.93 bits per heavy atom. The van der Waals surface area contributed by atoms with Gasteiger partial charge in [0, 0.05) is 12.4 Å². The molecular weight excluding hydrogens is 192 g/mol. The first-order valence-electron chi connectivity index (χ1n) is 4.50. The van der Waals surface area contributed by atoms with Gasteiger partial charge in [0.25, 0.3) is 0 Å². The maximum atomic E-state index is 4.22. The highest BCUT2D eigenvalue weighted by Gasteiger charge is 2.08. The van der Waals surface area contributed by atoms with Crippen molar-refractivity contribution in [3.8, 4) is 5.82 Å².